The molecule has 1 N–H and O–H groups in total. The first-order valence-electron chi connectivity index (χ1n) is 9.93. The van der Waals surface area contributed by atoms with E-state index >= 15 is 0 Å². The Kier molecular flexibility index (Phi) is 6.78. The van der Waals surface area contributed by atoms with Gasteiger partial charge in [0.1, 0.15) is 6.04 Å². The molecule has 6 nitrogen and oxygen atoms in total. The SMILES string of the molecule is CCCSCCCNC(=O)[C@H](CC)n1c2ccccc2c2nc(=O)cc(C)n21. The number of hydrogen-bond donors (Lipinski definition) is 1. The lowest BCUT2D eigenvalue weighted by Crippen LogP contribution is -2.35. The van der Waals surface area contributed by atoms with E-state index in [1.807, 2.05) is 59.1 Å². The van der Waals surface area contributed by atoms with Gasteiger partial charge in [-0.25, -0.2) is 4.52 Å². The highest BCUT2D eigenvalue weighted by molar-refractivity contribution is 7.99. The molecule has 2 heterocycles. The van der Waals surface area contributed by atoms with E-state index in [9.17, 15) is 9.59 Å². The van der Waals surface area contributed by atoms with Gasteiger partial charge in [0.2, 0.25) is 5.91 Å². The molecule has 0 fully saturated rings. The number of hydrogen-bond acceptors (Lipinski definition) is 4. The Balaban J connectivity index is 1.93. The van der Waals surface area contributed by atoms with Crippen LogP contribution in [0.4, 0.5) is 0 Å². The van der Waals surface area contributed by atoms with Gasteiger partial charge in [0.15, 0.2) is 5.65 Å². The van der Waals surface area contributed by atoms with E-state index in [-0.39, 0.29) is 17.5 Å². The molecule has 1 aromatic carbocycles. The Morgan fingerprint density at radius 1 is 1.25 bits per heavy atom. The number of nitrogens with zero attached hydrogens (tertiary/aromatic N) is 3. The number of aryl methyl sites for hydroxylation is 1. The molecule has 150 valence electrons. The highest BCUT2D eigenvalue weighted by Gasteiger charge is 2.24. The Hall–Kier alpha value is -2.28. The van der Waals surface area contributed by atoms with Crippen molar-refractivity contribution in [1.29, 1.82) is 0 Å². The quantitative estimate of drug-likeness (QED) is 0.558. The molecule has 0 radical (unpaired) electrons. The predicted molar refractivity (Wildman–Crippen MR) is 116 cm³/mol. The number of amides is 1. The van der Waals surface area contributed by atoms with E-state index in [4.69, 9.17) is 0 Å². The summed E-state index contributed by atoms with van der Waals surface area (Å²) in [7, 11) is 0. The van der Waals surface area contributed by atoms with Crippen molar-refractivity contribution >= 4 is 34.2 Å². The van der Waals surface area contributed by atoms with Crippen molar-refractivity contribution in [3.63, 3.8) is 0 Å². The largest absolute Gasteiger partial charge is 0.354 e. The van der Waals surface area contributed by atoms with Gasteiger partial charge >= 0.3 is 0 Å². The zero-order chi connectivity index (χ0) is 20.1. The van der Waals surface area contributed by atoms with Crippen LogP contribution in [0.5, 0.6) is 0 Å². The standard InChI is InChI=1S/C21H28N4O2S/c1-4-12-28-13-8-11-22-21(27)17(5-2)25-18-10-7-6-9-16(18)20-23-19(26)14-15(3)24(20)25/h6-7,9-10,14,17H,4-5,8,11-13H2,1-3H3,(H,22,27)/t17-/m0/s1. The lowest BCUT2D eigenvalue weighted by Gasteiger charge is -2.20. The van der Waals surface area contributed by atoms with Gasteiger partial charge < -0.3 is 5.32 Å². The summed E-state index contributed by atoms with van der Waals surface area (Å²) < 4.78 is 3.88. The summed E-state index contributed by atoms with van der Waals surface area (Å²) in [6.45, 7) is 6.74. The molecule has 7 heteroatoms. The lowest BCUT2D eigenvalue weighted by molar-refractivity contribution is -0.124. The van der Waals surface area contributed by atoms with Crippen molar-refractivity contribution < 1.29 is 4.79 Å². The number of rotatable bonds is 9. The molecule has 1 amide bonds. The minimum absolute atomic E-state index is 0.00347. The van der Waals surface area contributed by atoms with E-state index < -0.39 is 0 Å². The highest BCUT2D eigenvalue weighted by atomic mass is 32.2. The molecule has 28 heavy (non-hydrogen) atoms. The lowest BCUT2D eigenvalue weighted by atomic mass is 10.2. The van der Waals surface area contributed by atoms with E-state index in [1.165, 1.54) is 12.5 Å². The number of carbonyl (C=O) groups is 1. The van der Waals surface area contributed by atoms with Gasteiger partial charge in [-0.05, 0) is 49.8 Å². The van der Waals surface area contributed by atoms with Gasteiger partial charge in [-0.1, -0.05) is 26.0 Å². The number of benzene rings is 1. The number of carbonyl (C=O) groups excluding carboxylic acids is 1. The van der Waals surface area contributed by atoms with Crippen LogP contribution in [0.2, 0.25) is 0 Å². The third kappa shape index (κ3) is 4.09. The molecule has 2 aromatic heterocycles. The Morgan fingerprint density at radius 3 is 2.79 bits per heavy atom. The highest BCUT2D eigenvalue weighted by Crippen LogP contribution is 2.26. The van der Waals surface area contributed by atoms with Crippen LogP contribution in [0.15, 0.2) is 35.1 Å². The fourth-order valence-corrected chi connectivity index (χ4v) is 4.38. The van der Waals surface area contributed by atoms with Gasteiger partial charge in [0.25, 0.3) is 5.56 Å². The fraction of sp³-hybridized carbons (Fsp3) is 0.476. The molecule has 0 bridgehead atoms. The van der Waals surface area contributed by atoms with Crippen LogP contribution in [0.25, 0.3) is 16.6 Å². The zero-order valence-electron chi connectivity index (χ0n) is 16.8. The van der Waals surface area contributed by atoms with Crippen molar-refractivity contribution in [2.45, 2.75) is 46.1 Å². The third-order valence-corrected chi connectivity index (χ3v) is 6.06. The van der Waals surface area contributed by atoms with Crippen LogP contribution in [0.3, 0.4) is 0 Å². The number of aromatic nitrogens is 3. The van der Waals surface area contributed by atoms with E-state index in [0.29, 0.717) is 18.6 Å². The summed E-state index contributed by atoms with van der Waals surface area (Å²) in [5, 5.41) is 3.97. The summed E-state index contributed by atoms with van der Waals surface area (Å²) in [6, 6.07) is 8.94. The Labute approximate surface area is 169 Å². The van der Waals surface area contributed by atoms with Gasteiger partial charge in [-0.2, -0.15) is 16.7 Å². The molecule has 0 aliphatic heterocycles. The average Bonchev–Trinajstić information content (AvgIpc) is 3.00. The number of fused-ring (bicyclic) bond motifs is 3. The van der Waals surface area contributed by atoms with E-state index in [1.54, 1.807) is 0 Å². The smallest absolute Gasteiger partial charge is 0.273 e. The molecular weight excluding hydrogens is 372 g/mol. The van der Waals surface area contributed by atoms with Gasteiger partial charge in [-0.15, -0.1) is 0 Å². The second-order valence-electron chi connectivity index (χ2n) is 6.91. The van der Waals surface area contributed by atoms with Crippen LogP contribution in [-0.4, -0.2) is 38.1 Å². The third-order valence-electron chi connectivity index (χ3n) is 4.79. The van der Waals surface area contributed by atoms with Crippen molar-refractivity contribution in [1.82, 2.24) is 19.5 Å². The minimum Gasteiger partial charge on any atom is -0.354 e. The van der Waals surface area contributed by atoms with Crippen molar-refractivity contribution in [2.75, 3.05) is 18.1 Å². The van der Waals surface area contributed by atoms with Crippen LogP contribution >= 0.6 is 11.8 Å². The first kappa shape index (κ1) is 20.5. The number of thioether (sulfide) groups is 1. The summed E-state index contributed by atoms with van der Waals surface area (Å²) in [6.07, 6.45) is 2.79. The van der Waals surface area contributed by atoms with E-state index in [2.05, 4.69) is 17.2 Å². The molecule has 0 aliphatic rings. The fourth-order valence-electron chi connectivity index (χ4n) is 3.53. The normalized spacial score (nSPS) is 12.5. The van der Waals surface area contributed by atoms with E-state index in [0.717, 1.165) is 34.5 Å². The van der Waals surface area contributed by atoms with Gasteiger partial charge in [0.05, 0.1) is 5.52 Å². The van der Waals surface area contributed by atoms with Crippen LogP contribution in [-0.2, 0) is 4.79 Å². The maximum absolute atomic E-state index is 13.0. The molecular formula is C21H28N4O2S. The Morgan fingerprint density at radius 2 is 2.04 bits per heavy atom. The van der Waals surface area contributed by atoms with Gasteiger partial charge in [-0.3, -0.25) is 14.3 Å². The molecule has 0 unspecified atom stereocenters. The second-order valence-corrected chi connectivity index (χ2v) is 8.14. The topological polar surface area (TPSA) is 68.4 Å². The zero-order valence-corrected chi connectivity index (χ0v) is 17.6. The molecule has 0 aliphatic carbocycles. The molecule has 0 spiro atoms. The number of para-hydroxylation sites is 1. The Bertz CT molecular complexity index is 1020. The molecule has 0 saturated heterocycles. The predicted octanol–water partition coefficient (Wildman–Crippen LogP) is 3.56. The maximum Gasteiger partial charge on any atom is 0.273 e. The molecule has 3 rings (SSSR count). The average molecular weight is 401 g/mol. The van der Waals surface area contributed by atoms with Gasteiger partial charge in [0, 0.05) is 23.7 Å². The summed E-state index contributed by atoms with van der Waals surface area (Å²) in [5.74, 6) is 2.23. The van der Waals surface area contributed by atoms with Crippen LogP contribution < -0.4 is 10.9 Å². The first-order valence-corrected chi connectivity index (χ1v) is 11.1. The molecule has 1 atom stereocenters. The van der Waals surface area contributed by atoms with Crippen LogP contribution in [0, 0.1) is 6.92 Å². The second kappa shape index (κ2) is 9.28. The first-order chi connectivity index (χ1) is 13.6. The van der Waals surface area contributed by atoms with Crippen molar-refractivity contribution in [3.05, 3.63) is 46.4 Å². The van der Waals surface area contributed by atoms with Crippen LogP contribution in [0.1, 0.15) is 44.8 Å². The molecule has 3 aromatic rings. The molecule has 0 saturated carbocycles. The summed E-state index contributed by atoms with van der Waals surface area (Å²) in [4.78, 5) is 29.2. The monoisotopic (exact) mass is 400 g/mol. The minimum atomic E-state index is -0.367. The summed E-state index contributed by atoms with van der Waals surface area (Å²) >= 11 is 1.93. The van der Waals surface area contributed by atoms with Crippen molar-refractivity contribution in [3.8, 4) is 0 Å². The summed E-state index contributed by atoms with van der Waals surface area (Å²) in [5.41, 5.74) is 2.02. The maximum atomic E-state index is 13.0. The number of nitrogens with one attached hydrogen (secondary N) is 1. The van der Waals surface area contributed by atoms with Crippen molar-refractivity contribution in [2.24, 2.45) is 0 Å².